The maximum Gasteiger partial charge on any atom is 0.251 e. The molecule has 0 atom stereocenters. The minimum atomic E-state index is 0.0135. The Morgan fingerprint density at radius 1 is 1.50 bits per heavy atom. The molecule has 1 N–H and O–H groups in total. The van der Waals surface area contributed by atoms with Gasteiger partial charge in [0.1, 0.15) is 0 Å². The molecule has 0 spiro atoms. The third-order valence-electron chi connectivity index (χ3n) is 2.05. The van der Waals surface area contributed by atoms with Crippen molar-refractivity contribution in [2.75, 3.05) is 0 Å². The molecule has 0 aromatic carbocycles. The normalized spacial score (nSPS) is 10.4. The van der Waals surface area contributed by atoms with Gasteiger partial charge in [-0.15, -0.1) is 0 Å². The molecule has 2 heterocycles. The molecular weight excluding hydrogens is 178 g/mol. The Hall–Kier alpha value is -1.84. The lowest BCUT2D eigenvalue weighted by Crippen LogP contribution is -2.19. The van der Waals surface area contributed by atoms with Crippen LogP contribution in [0.1, 0.15) is 11.3 Å². The first-order valence-electron chi connectivity index (χ1n) is 4.41. The van der Waals surface area contributed by atoms with Gasteiger partial charge in [-0.2, -0.15) is 5.10 Å². The van der Waals surface area contributed by atoms with Gasteiger partial charge in [-0.05, 0) is 24.6 Å². The van der Waals surface area contributed by atoms with E-state index < -0.39 is 0 Å². The molecule has 2 rings (SSSR count). The maximum absolute atomic E-state index is 11.5. The molecule has 4 nitrogen and oxygen atoms in total. The average molecular weight is 189 g/mol. The van der Waals surface area contributed by atoms with Crippen molar-refractivity contribution < 1.29 is 0 Å². The van der Waals surface area contributed by atoms with Crippen LogP contribution in [0.5, 0.6) is 0 Å². The third kappa shape index (κ3) is 1.74. The largest absolute Gasteiger partial charge is 0.310 e. The molecule has 72 valence electrons. The highest BCUT2D eigenvalue weighted by molar-refractivity contribution is 5.09. The van der Waals surface area contributed by atoms with Crippen LogP contribution in [0.15, 0.2) is 35.4 Å². The summed E-state index contributed by atoms with van der Waals surface area (Å²) in [5.74, 6) is 0. The van der Waals surface area contributed by atoms with Crippen molar-refractivity contribution in [1.29, 1.82) is 0 Å². The minimum absolute atomic E-state index is 0.0135. The predicted molar refractivity (Wildman–Crippen MR) is 53.1 cm³/mol. The molecule has 0 amide bonds. The summed E-state index contributed by atoms with van der Waals surface area (Å²) in [6.07, 6.45) is 3.47. The first kappa shape index (κ1) is 8.74. The van der Waals surface area contributed by atoms with Crippen LogP contribution in [0, 0.1) is 6.92 Å². The molecule has 0 aliphatic rings. The number of hydrogen-bond donors (Lipinski definition) is 1. The van der Waals surface area contributed by atoms with Crippen LogP contribution in [0.25, 0.3) is 0 Å². The number of rotatable bonds is 2. The van der Waals surface area contributed by atoms with Gasteiger partial charge in [0.15, 0.2) is 0 Å². The van der Waals surface area contributed by atoms with Crippen molar-refractivity contribution in [1.82, 2.24) is 14.8 Å². The second-order valence-corrected chi connectivity index (χ2v) is 3.25. The Labute approximate surface area is 81.2 Å². The van der Waals surface area contributed by atoms with Crippen LogP contribution in [-0.4, -0.2) is 14.8 Å². The fraction of sp³-hybridized carbons (Fsp3) is 0.200. The van der Waals surface area contributed by atoms with Gasteiger partial charge in [-0.25, -0.2) is 0 Å². The van der Waals surface area contributed by atoms with E-state index in [2.05, 4.69) is 10.2 Å². The molecule has 0 unspecified atom stereocenters. The quantitative estimate of drug-likeness (QED) is 0.764. The van der Waals surface area contributed by atoms with Crippen LogP contribution < -0.4 is 5.56 Å². The first-order valence-corrected chi connectivity index (χ1v) is 4.41. The van der Waals surface area contributed by atoms with Crippen molar-refractivity contribution in [2.45, 2.75) is 13.5 Å². The number of nitrogens with zero attached hydrogens (tertiary/aromatic N) is 2. The second-order valence-electron chi connectivity index (χ2n) is 3.25. The standard InChI is InChI=1S/C10H11N3O/c1-8-3-5-13(10(14)6-8)7-9-2-4-11-12-9/h2-6H,7H2,1H3,(H,11,12). The molecule has 2 aromatic heterocycles. The number of pyridine rings is 1. The average Bonchev–Trinajstić information content (AvgIpc) is 2.62. The zero-order valence-corrected chi connectivity index (χ0v) is 7.90. The molecule has 0 fully saturated rings. The number of nitrogens with one attached hydrogen (secondary N) is 1. The van der Waals surface area contributed by atoms with E-state index in [0.29, 0.717) is 6.54 Å². The Kier molecular flexibility index (Phi) is 2.18. The minimum Gasteiger partial charge on any atom is -0.310 e. The Balaban J connectivity index is 2.30. The lowest BCUT2D eigenvalue weighted by Gasteiger charge is -2.02. The van der Waals surface area contributed by atoms with Crippen molar-refractivity contribution in [3.63, 3.8) is 0 Å². The van der Waals surface area contributed by atoms with Gasteiger partial charge in [0.05, 0.1) is 12.2 Å². The van der Waals surface area contributed by atoms with Gasteiger partial charge in [0.2, 0.25) is 0 Å². The highest BCUT2D eigenvalue weighted by atomic mass is 16.1. The molecule has 0 aliphatic heterocycles. The maximum atomic E-state index is 11.5. The van der Waals surface area contributed by atoms with E-state index in [1.54, 1.807) is 23.0 Å². The van der Waals surface area contributed by atoms with Crippen molar-refractivity contribution in [3.05, 3.63) is 52.2 Å². The first-order chi connectivity index (χ1) is 6.75. The molecular formula is C10H11N3O. The second kappa shape index (κ2) is 3.49. The summed E-state index contributed by atoms with van der Waals surface area (Å²) < 4.78 is 1.64. The Bertz CT molecular complexity index is 470. The van der Waals surface area contributed by atoms with Crippen LogP contribution in [0.2, 0.25) is 0 Å². The number of aromatic amines is 1. The molecule has 0 radical (unpaired) electrons. The Morgan fingerprint density at radius 3 is 3.00 bits per heavy atom. The Morgan fingerprint density at radius 2 is 2.36 bits per heavy atom. The molecule has 0 aliphatic carbocycles. The molecule has 0 bridgehead atoms. The van der Waals surface area contributed by atoms with Crippen LogP contribution in [0.3, 0.4) is 0 Å². The van der Waals surface area contributed by atoms with Crippen LogP contribution in [-0.2, 0) is 6.54 Å². The number of aromatic nitrogens is 3. The van der Waals surface area contributed by atoms with Crippen LogP contribution >= 0.6 is 0 Å². The smallest absolute Gasteiger partial charge is 0.251 e. The summed E-state index contributed by atoms with van der Waals surface area (Å²) in [7, 11) is 0. The lowest BCUT2D eigenvalue weighted by atomic mass is 10.3. The molecule has 14 heavy (non-hydrogen) atoms. The topological polar surface area (TPSA) is 50.7 Å². The third-order valence-corrected chi connectivity index (χ3v) is 2.05. The highest BCUT2D eigenvalue weighted by Gasteiger charge is 1.98. The molecule has 0 saturated heterocycles. The summed E-state index contributed by atoms with van der Waals surface area (Å²) >= 11 is 0. The van der Waals surface area contributed by atoms with E-state index in [4.69, 9.17) is 0 Å². The fourth-order valence-electron chi connectivity index (χ4n) is 1.29. The monoisotopic (exact) mass is 189 g/mol. The SMILES string of the molecule is Cc1ccn(Cc2ccn[nH]2)c(=O)c1. The van der Waals surface area contributed by atoms with E-state index in [1.807, 2.05) is 19.1 Å². The van der Waals surface area contributed by atoms with Gasteiger partial charge in [-0.1, -0.05) is 0 Å². The van der Waals surface area contributed by atoms with Gasteiger partial charge in [0.25, 0.3) is 5.56 Å². The van der Waals surface area contributed by atoms with Crippen LogP contribution in [0.4, 0.5) is 0 Å². The summed E-state index contributed by atoms with van der Waals surface area (Å²) in [5, 5.41) is 6.64. The lowest BCUT2D eigenvalue weighted by molar-refractivity contribution is 0.733. The predicted octanol–water partition coefficient (Wildman–Crippen LogP) is 0.928. The van der Waals surface area contributed by atoms with Gasteiger partial charge in [-0.3, -0.25) is 9.89 Å². The zero-order valence-electron chi connectivity index (χ0n) is 7.90. The van der Waals surface area contributed by atoms with Crippen molar-refractivity contribution in [3.8, 4) is 0 Å². The summed E-state index contributed by atoms with van der Waals surface area (Å²) in [5.41, 5.74) is 1.92. The van der Waals surface area contributed by atoms with E-state index >= 15 is 0 Å². The van der Waals surface area contributed by atoms with Gasteiger partial charge < -0.3 is 4.57 Å². The number of H-pyrrole nitrogens is 1. The summed E-state index contributed by atoms with van der Waals surface area (Å²) in [4.78, 5) is 11.5. The van der Waals surface area contributed by atoms with E-state index in [0.717, 1.165) is 11.3 Å². The summed E-state index contributed by atoms with van der Waals surface area (Å²) in [6, 6.07) is 5.39. The molecule has 4 heteroatoms. The molecule has 0 saturated carbocycles. The zero-order chi connectivity index (χ0) is 9.97. The van der Waals surface area contributed by atoms with E-state index in [1.165, 1.54) is 0 Å². The number of hydrogen-bond acceptors (Lipinski definition) is 2. The fourth-order valence-corrected chi connectivity index (χ4v) is 1.29. The summed E-state index contributed by atoms with van der Waals surface area (Å²) in [6.45, 7) is 2.45. The van der Waals surface area contributed by atoms with E-state index in [9.17, 15) is 4.79 Å². The van der Waals surface area contributed by atoms with Gasteiger partial charge >= 0.3 is 0 Å². The van der Waals surface area contributed by atoms with Crippen molar-refractivity contribution in [2.24, 2.45) is 0 Å². The van der Waals surface area contributed by atoms with Crippen molar-refractivity contribution >= 4 is 0 Å². The highest BCUT2D eigenvalue weighted by Crippen LogP contribution is 1.96. The van der Waals surface area contributed by atoms with E-state index in [-0.39, 0.29) is 5.56 Å². The molecule has 2 aromatic rings. The number of aryl methyl sites for hydroxylation is 1. The van der Waals surface area contributed by atoms with Gasteiger partial charge in [0, 0.05) is 18.5 Å².